The molecule has 128 valence electrons. The molecule has 4 aliphatic rings. The molecule has 0 aromatic carbocycles. The molecular formula is C18H26FNO2S. The van der Waals surface area contributed by atoms with Gasteiger partial charge in [0, 0.05) is 23.6 Å². The van der Waals surface area contributed by atoms with Crippen molar-refractivity contribution in [3.05, 3.63) is 23.0 Å². The summed E-state index contributed by atoms with van der Waals surface area (Å²) in [6.45, 7) is 4.35. The monoisotopic (exact) mass is 339 g/mol. The number of allylic oxidation sites excluding steroid dienone is 2. The third kappa shape index (κ3) is 2.02. The van der Waals surface area contributed by atoms with Crippen LogP contribution in [0.4, 0.5) is 4.39 Å². The van der Waals surface area contributed by atoms with Gasteiger partial charge < -0.3 is 15.9 Å². The van der Waals surface area contributed by atoms with Crippen LogP contribution in [0.25, 0.3) is 0 Å². The minimum atomic E-state index is -0.982. The van der Waals surface area contributed by atoms with Gasteiger partial charge in [0.2, 0.25) is 0 Å². The largest absolute Gasteiger partial charge is 0.508 e. The van der Waals surface area contributed by atoms with E-state index >= 15 is 0 Å². The van der Waals surface area contributed by atoms with E-state index in [0.29, 0.717) is 18.6 Å². The van der Waals surface area contributed by atoms with Crippen LogP contribution in [0.3, 0.4) is 0 Å². The molecule has 3 aliphatic carbocycles. The molecule has 4 rings (SSSR count). The third-order valence-corrected chi connectivity index (χ3v) is 8.53. The predicted octanol–water partition coefficient (Wildman–Crippen LogP) is 3.30. The lowest BCUT2D eigenvalue weighted by molar-refractivity contribution is 0.0937. The van der Waals surface area contributed by atoms with Gasteiger partial charge in [-0.2, -0.15) is 0 Å². The molecule has 4 N–H and O–H groups in total. The number of aliphatic hydroxyl groups is 2. The highest BCUT2D eigenvalue weighted by molar-refractivity contribution is 7.99. The lowest BCUT2D eigenvalue weighted by Gasteiger charge is -2.54. The van der Waals surface area contributed by atoms with Crippen molar-refractivity contribution in [2.45, 2.75) is 57.2 Å². The van der Waals surface area contributed by atoms with E-state index in [1.165, 1.54) is 0 Å². The molecule has 1 heterocycles. The molecule has 0 radical (unpaired) electrons. The fraction of sp³-hybridized carbons (Fsp3) is 0.778. The number of aliphatic hydroxyl groups excluding tert-OH is 2. The van der Waals surface area contributed by atoms with Gasteiger partial charge in [-0.05, 0) is 48.2 Å². The Labute approximate surface area is 141 Å². The SMILES string of the molecule is C[C@]12CSC(O)CC1=CC(O)=C1[C@H]2CC[C@]2(C)C(N)C(F)C[C@@H]12. The summed E-state index contributed by atoms with van der Waals surface area (Å²) >= 11 is 1.60. The van der Waals surface area contributed by atoms with Crippen LogP contribution in [-0.4, -0.2) is 33.6 Å². The number of alkyl halides is 1. The first-order valence-corrected chi connectivity index (χ1v) is 9.65. The smallest absolute Gasteiger partial charge is 0.116 e. The topological polar surface area (TPSA) is 66.5 Å². The maximum atomic E-state index is 14.3. The Balaban J connectivity index is 1.80. The Bertz CT molecular complexity index is 606. The highest BCUT2D eigenvalue weighted by atomic mass is 32.2. The van der Waals surface area contributed by atoms with Crippen LogP contribution in [0.15, 0.2) is 23.0 Å². The number of rotatable bonds is 0. The summed E-state index contributed by atoms with van der Waals surface area (Å²) in [5.74, 6) is 1.46. The van der Waals surface area contributed by atoms with E-state index in [9.17, 15) is 14.6 Å². The van der Waals surface area contributed by atoms with Gasteiger partial charge in [0.15, 0.2) is 0 Å². The molecule has 3 fully saturated rings. The minimum Gasteiger partial charge on any atom is -0.508 e. The van der Waals surface area contributed by atoms with E-state index < -0.39 is 12.2 Å². The summed E-state index contributed by atoms with van der Waals surface area (Å²) < 4.78 is 14.3. The van der Waals surface area contributed by atoms with E-state index in [2.05, 4.69) is 13.8 Å². The molecule has 0 spiro atoms. The summed E-state index contributed by atoms with van der Waals surface area (Å²) in [5, 5.41) is 20.7. The number of hydrogen-bond acceptors (Lipinski definition) is 4. The van der Waals surface area contributed by atoms with E-state index in [1.54, 1.807) is 11.8 Å². The van der Waals surface area contributed by atoms with Crippen LogP contribution in [0, 0.1) is 22.7 Å². The number of halogens is 1. The van der Waals surface area contributed by atoms with Crippen molar-refractivity contribution < 1.29 is 14.6 Å². The molecule has 1 saturated heterocycles. The normalized spacial score (nSPS) is 52.6. The third-order valence-electron chi connectivity index (χ3n) is 7.21. The Morgan fingerprint density at radius 3 is 2.83 bits per heavy atom. The highest BCUT2D eigenvalue weighted by Crippen LogP contribution is 2.63. The van der Waals surface area contributed by atoms with Crippen LogP contribution < -0.4 is 5.73 Å². The average Bonchev–Trinajstić information content (AvgIpc) is 2.73. The summed E-state index contributed by atoms with van der Waals surface area (Å²) in [6.07, 6.45) is 3.78. The average molecular weight is 339 g/mol. The van der Waals surface area contributed by atoms with Crippen molar-refractivity contribution in [1.82, 2.24) is 0 Å². The lowest BCUT2D eigenvalue weighted by atomic mass is 9.53. The van der Waals surface area contributed by atoms with E-state index in [4.69, 9.17) is 5.73 Å². The molecule has 1 aliphatic heterocycles. The second kappa shape index (κ2) is 4.99. The van der Waals surface area contributed by atoms with Gasteiger partial charge in [-0.25, -0.2) is 4.39 Å². The number of hydrogen-bond donors (Lipinski definition) is 3. The summed E-state index contributed by atoms with van der Waals surface area (Å²) in [7, 11) is 0. The van der Waals surface area contributed by atoms with Crippen LogP contribution >= 0.6 is 11.8 Å². The van der Waals surface area contributed by atoms with E-state index in [0.717, 1.165) is 29.7 Å². The zero-order valence-electron chi connectivity index (χ0n) is 13.8. The van der Waals surface area contributed by atoms with E-state index in [1.807, 2.05) is 6.08 Å². The van der Waals surface area contributed by atoms with E-state index in [-0.39, 0.29) is 28.1 Å². The first-order chi connectivity index (χ1) is 10.8. The summed E-state index contributed by atoms with van der Waals surface area (Å²) in [4.78, 5) is 0. The molecule has 3 nitrogen and oxygen atoms in total. The van der Waals surface area contributed by atoms with Gasteiger partial charge in [0.25, 0.3) is 0 Å². The first-order valence-electron chi connectivity index (χ1n) is 8.61. The number of fused-ring (bicyclic) bond motifs is 5. The zero-order valence-corrected chi connectivity index (χ0v) is 14.6. The molecule has 7 atom stereocenters. The van der Waals surface area contributed by atoms with Gasteiger partial charge >= 0.3 is 0 Å². The van der Waals surface area contributed by atoms with Gasteiger partial charge in [-0.15, -0.1) is 11.8 Å². The quantitative estimate of drug-likeness (QED) is 0.633. The molecule has 5 heteroatoms. The summed E-state index contributed by atoms with van der Waals surface area (Å²) in [6, 6.07) is -0.436. The molecule has 23 heavy (non-hydrogen) atoms. The maximum Gasteiger partial charge on any atom is 0.116 e. The standard InChI is InChI=1S/C18H26FNO2S/c1-17-4-3-10-15(11(17)7-12(19)16(17)20)13(21)5-9-6-14(22)23-8-18(9,10)2/h5,10-12,14,16,21-22H,3-4,6-8,20H2,1-2H3/t10-,11+,12?,14?,16?,17+,18+/m1/s1. The molecule has 0 aromatic heterocycles. The fourth-order valence-corrected chi connectivity index (χ4v) is 6.84. The van der Waals surface area contributed by atoms with Crippen LogP contribution in [0.2, 0.25) is 0 Å². The number of thioether (sulfide) groups is 1. The Hall–Kier alpha value is -0.520. The van der Waals surface area contributed by atoms with Gasteiger partial charge in [0.1, 0.15) is 17.4 Å². The molecule has 3 unspecified atom stereocenters. The Morgan fingerprint density at radius 1 is 1.35 bits per heavy atom. The highest BCUT2D eigenvalue weighted by Gasteiger charge is 2.59. The van der Waals surface area contributed by atoms with Crippen molar-refractivity contribution in [1.29, 1.82) is 0 Å². The molecule has 0 aromatic rings. The fourth-order valence-electron chi connectivity index (χ4n) is 5.62. The van der Waals surface area contributed by atoms with Crippen molar-refractivity contribution in [2.75, 3.05) is 5.75 Å². The molecule has 2 saturated carbocycles. The van der Waals surface area contributed by atoms with Crippen LogP contribution in [0.1, 0.15) is 39.5 Å². The van der Waals surface area contributed by atoms with Crippen molar-refractivity contribution in [2.24, 2.45) is 28.4 Å². The first kappa shape index (κ1) is 16.0. The van der Waals surface area contributed by atoms with Crippen molar-refractivity contribution in [3.8, 4) is 0 Å². The lowest BCUT2D eigenvalue weighted by Crippen LogP contribution is -2.50. The molecule has 0 bridgehead atoms. The predicted molar refractivity (Wildman–Crippen MR) is 90.7 cm³/mol. The maximum absolute atomic E-state index is 14.3. The second-order valence-corrected chi connectivity index (χ2v) is 9.49. The Morgan fingerprint density at radius 2 is 2.09 bits per heavy atom. The Kier molecular flexibility index (Phi) is 3.47. The zero-order chi connectivity index (χ0) is 16.6. The second-order valence-electron chi connectivity index (χ2n) is 8.32. The van der Waals surface area contributed by atoms with Crippen LogP contribution in [0.5, 0.6) is 0 Å². The molecular weight excluding hydrogens is 313 g/mol. The summed E-state index contributed by atoms with van der Waals surface area (Å²) in [5.41, 5.74) is 7.71. The molecule has 0 amide bonds. The van der Waals surface area contributed by atoms with Gasteiger partial charge in [-0.1, -0.05) is 19.4 Å². The van der Waals surface area contributed by atoms with Gasteiger partial charge in [-0.3, -0.25) is 0 Å². The van der Waals surface area contributed by atoms with Crippen LogP contribution in [-0.2, 0) is 0 Å². The van der Waals surface area contributed by atoms with Crippen molar-refractivity contribution in [3.63, 3.8) is 0 Å². The number of nitrogens with two attached hydrogens (primary N) is 1. The van der Waals surface area contributed by atoms with Gasteiger partial charge in [0.05, 0.1) is 0 Å². The van der Waals surface area contributed by atoms with Crippen molar-refractivity contribution >= 4 is 11.8 Å². The minimum absolute atomic E-state index is 0.0364.